The lowest BCUT2D eigenvalue weighted by Gasteiger charge is -2.23. The highest BCUT2D eigenvalue weighted by Crippen LogP contribution is 2.41. The number of carbonyl (C=O) groups is 2. The van der Waals surface area contributed by atoms with Gasteiger partial charge in [0.05, 0.1) is 11.6 Å². The van der Waals surface area contributed by atoms with Gasteiger partial charge in [0, 0.05) is 17.5 Å². The molecule has 0 saturated carbocycles. The first-order valence-electron chi connectivity index (χ1n) is 9.49. The van der Waals surface area contributed by atoms with E-state index >= 15 is 0 Å². The number of fused-ring (bicyclic) bond motifs is 2. The molecule has 2 aliphatic heterocycles. The molecule has 1 amide bonds. The molecule has 2 aliphatic rings. The third-order valence-corrected chi connectivity index (χ3v) is 5.28. The lowest BCUT2D eigenvalue weighted by Crippen LogP contribution is -2.27. The van der Waals surface area contributed by atoms with Crippen LogP contribution in [-0.4, -0.2) is 35.1 Å². The van der Waals surface area contributed by atoms with E-state index in [4.69, 9.17) is 9.47 Å². The zero-order chi connectivity index (χ0) is 20.0. The van der Waals surface area contributed by atoms with Gasteiger partial charge in [-0.1, -0.05) is 29.8 Å². The minimum atomic E-state index is -0.628. The largest absolute Gasteiger partial charge is 0.486 e. The smallest absolute Gasteiger partial charge is 0.226 e. The number of nitrogens with zero attached hydrogens (tertiary/aromatic N) is 1. The number of ketones is 1. The Hall–Kier alpha value is -3.61. The van der Waals surface area contributed by atoms with E-state index in [2.05, 4.69) is 15.5 Å². The highest BCUT2D eigenvalue weighted by atomic mass is 16.6. The number of carbonyl (C=O) groups excluding carboxylic acids is 2. The van der Waals surface area contributed by atoms with Crippen molar-refractivity contribution in [2.45, 2.75) is 19.3 Å². The number of hydrogen-bond acceptors (Lipinski definition) is 5. The molecule has 1 atom stereocenters. The predicted octanol–water partition coefficient (Wildman–Crippen LogP) is 3.47. The highest BCUT2D eigenvalue weighted by Gasteiger charge is 2.36. The zero-order valence-electron chi connectivity index (χ0n) is 15.8. The number of Topliss-reactive ketones (excluding diaryl/α,β-unsaturated/α-hetero) is 1. The van der Waals surface area contributed by atoms with Gasteiger partial charge in [0.2, 0.25) is 5.91 Å². The van der Waals surface area contributed by atoms with Gasteiger partial charge < -0.3 is 14.8 Å². The normalized spacial score (nSPS) is 17.4. The van der Waals surface area contributed by atoms with Crippen molar-refractivity contribution in [1.82, 2.24) is 10.2 Å². The van der Waals surface area contributed by atoms with E-state index in [-0.39, 0.29) is 18.1 Å². The van der Waals surface area contributed by atoms with Crippen molar-refractivity contribution < 1.29 is 19.1 Å². The maximum Gasteiger partial charge on any atom is 0.226 e. The van der Waals surface area contributed by atoms with E-state index in [1.807, 2.05) is 31.2 Å². The standard InChI is InChI=1S/C22H19N3O4/c1-12-2-4-13(5-3-12)20-19-15(11-18(26)23-22(19)25-24-20)21(27)14-6-7-16-17(10-14)29-9-8-28-16/h2-7,10,15H,8-9,11H2,1H3,(H2,23,24,25,26)/t15-/m0/s1. The van der Waals surface area contributed by atoms with Crippen LogP contribution in [-0.2, 0) is 4.79 Å². The summed E-state index contributed by atoms with van der Waals surface area (Å²) >= 11 is 0. The summed E-state index contributed by atoms with van der Waals surface area (Å²) in [6.07, 6.45) is 0.0681. The first-order chi connectivity index (χ1) is 14.1. The molecule has 2 N–H and O–H groups in total. The second-order valence-electron chi connectivity index (χ2n) is 7.25. The van der Waals surface area contributed by atoms with Gasteiger partial charge >= 0.3 is 0 Å². The second kappa shape index (κ2) is 6.77. The fourth-order valence-corrected chi connectivity index (χ4v) is 3.82. The summed E-state index contributed by atoms with van der Waals surface area (Å²) in [4.78, 5) is 25.6. The van der Waals surface area contributed by atoms with Gasteiger partial charge in [0.1, 0.15) is 13.2 Å². The summed E-state index contributed by atoms with van der Waals surface area (Å²) in [7, 11) is 0. The van der Waals surface area contributed by atoms with Crippen LogP contribution in [0.2, 0.25) is 0 Å². The van der Waals surface area contributed by atoms with Crippen molar-refractivity contribution in [3.63, 3.8) is 0 Å². The van der Waals surface area contributed by atoms with E-state index in [9.17, 15) is 9.59 Å². The molecule has 0 bridgehead atoms. The SMILES string of the molecule is Cc1ccc(-c2[nH]nc3c2[C@@H](C(=O)c2ccc4c(c2)OCCO4)CC(=O)N3)cc1. The number of rotatable bonds is 3. The van der Waals surface area contributed by atoms with Crippen LogP contribution in [0.4, 0.5) is 5.82 Å². The average Bonchev–Trinajstić information content (AvgIpc) is 3.16. The minimum Gasteiger partial charge on any atom is -0.486 e. The Kier molecular flexibility index (Phi) is 4.08. The zero-order valence-corrected chi connectivity index (χ0v) is 15.8. The molecule has 7 heteroatoms. The van der Waals surface area contributed by atoms with Gasteiger partial charge in [-0.2, -0.15) is 5.10 Å². The molecule has 0 fully saturated rings. The van der Waals surface area contributed by atoms with Crippen molar-refractivity contribution in [3.8, 4) is 22.8 Å². The minimum absolute atomic E-state index is 0.0681. The van der Waals surface area contributed by atoms with Crippen molar-refractivity contribution >= 4 is 17.5 Å². The third kappa shape index (κ3) is 3.04. The van der Waals surface area contributed by atoms with Crippen LogP contribution in [0.15, 0.2) is 42.5 Å². The molecule has 0 unspecified atom stereocenters. The third-order valence-electron chi connectivity index (χ3n) is 5.28. The van der Waals surface area contributed by atoms with Gasteiger partial charge in [-0.05, 0) is 30.7 Å². The second-order valence-corrected chi connectivity index (χ2v) is 7.25. The quantitative estimate of drug-likeness (QED) is 0.669. The molecule has 1 aromatic heterocycles. The number of anilines is 1. The van der Waals surface area contributed by atoms with Gasteiger partial charge in [0.15, 0.2) is 23.1 Å². The van der Waals surface area contributed by atoms with Crippen LogP contribution in [0.3, 0.4) is 0 Å². The number of aromatic amines is 1. The number of amides is 1. The summed E-state index contributed by atoms with van der Waals surface area (Å²) in [6, 6.07) is 13.1. The molecule has 146 valence electrons. The fourth-order valence-electron chi connectivity index (χ4n) is 3.82. The Morgan fingerprint density at radius 3 is 2.62 bits per heavy atom. The lowest BCUT2D eigenvalue weighted by atomic mass is 9.84. The number of nitrogens with one attached hydrogen (secondary N) is 2. The molecule has 0 spiro atoms. The van der Waals surface area contributed by atoms with Crippen LogP contribution < -0.4 is 14.8 Å². The molecule has 0 aliphatic carbocycles. The summed E-state index contributed by atoms with van der Waals surface area (Å²) in [5.41, 5.74) is 4.00. The molecule has 3 heterocycles. The fraction of sp³-hybridized carbons (Fsp3) is 0.227. The summed E-state index contributed by atoms with van der Waals surface area (Å²) in [5.74, 6) is 0.583. The van der Waals surface area contributed by atoms with Crippen LogP contribution >= 0.6 is 0 Å². The number of aromatic nitrogens is 2. The number of hydrogen-bond donors (Lipinski definition) is 2. The van der Waals surface area contributed by atoms with Crippen molar-refractivity contribution in [1.29, 1.82) is 0 Å². The summed E-state index contributed by atoms with van der Waals surface area (Å²) in [5, 5.41) is 10.0. The van der Waals surface area contributed by atoms with E-state index in [0.717, 1.165) is 16.8 Å². The van der Waals surface area contributed by atoms with Gasteiger partial charge in [-0.3, -0.25) is 14.7 Å². The van der Waals surface area contributed by atoms with Gasteiger partial charge in [-0.25, -0.2) is 0 Å². The Bertz CT molecular complexity index is 1120. The molecular weight excluding hydrogens is 370 g/mol. The van der Waals surface area contributed by atoms with Crippen molar-refractivity contribution in [3.05, 3.63) is 59.2 Å². The van der Waals surface area contributed by atoms with Crippen molar-refractivity contribution in [2.75, 3.05) is 18.5 Å². The Balaban J connectivity index is 1.56. The van der Waals surface area contributed by atoms with Crippen molar-refractivity contribution in [2.24, 2.45) is 0 Å². The molecule has 0 saturated heterocycles. The molecule has 3 aromatic rings. The van der Waals surface area contributed by atoms with Crippen LogP contribution in [0, 0.1) is 6.92 Å². The number of aryl methyl sites for hydroxylation is 1. The maximum atomic E-state index is 13.4. The summed E-state index contributed by atoms with van der Waals surface area (Å²) in [6.45, 7) is 2.95. The van der Waals surface area contributed by atoms with E-state index < -0.39 is 5.92 Å². The number of H-pyrrole nitrogens is 1. The number of benzene rings is 2. The Morgan fingerprint density at radius 2 is 1.83 bits per heavy atom. The first kappa shape index (κ1) is 17.5. The van der Waals surface area contributed by atoms with Gasteiger partial charge in [0.25, 0.3) is 0 Å². The maximum absolute atomic E-state index is 13.4. The highest BCUT2D eigenvalue weighted by molar-refractivity contribution is 6.09. The van der Waals surface area contributed by atoms with E-state index in [0.29, 0.717) is 41.7 Å². The molecule has 0 radical (unpaired) electrons. The van der Waals surface area contributed by atoms with E-state index in [1.54, 1.807) is 18.2 Å². The van der Waals surface area contributed by atoms with Crippen LogP contribution in [0.25, 0.3) is 11.3 Å². The van der Waals surface area contributed by atoms with Gasteiger partial charge in [-0.15, -0.1) is 0 Å². The predicted molar refractivity (Wildman–Crippen MR) is 107 cm³/mol. The molecular formula is C22H19N3O4. The molecule has 5 rings (SSSR count). The Labute approximate surface area is 167 Å². The molecule has 29 heavy (non-hydrogen) atoms. The molecule has 7 nitrogen and oxygen atoms in total. The Morgan fingerprint density at radius 1 is 1.07 bits per heavy atom. The monoisotopic (exact) mass is 389 g/mol. The first-order valence-corrected chi connectivity index (χ1v) is 9.49. The lowest BCUT2D eigenvalue weighted by molar-refractivity contribution is -0.116. The van der Waals surface area contributed by atoms with Crippen LogP contribution in [0.1, 0.15) is 33.8 Å². The summed E-state index contributed by atoms with van der Waals surface area (Å²) < 4.78 is 11.1. The van der Waals surface area contributed by atoms with Crippen LogP contribution in [0.5, 0.6) is 11.5 Å². The number of ether oxygens (including phenoxy) is 2. The topological polar surface area (TPSA) is 93.3 Å². The van der Waals surface area contributed by atoms with E-state index in [1.165, 1.54) is 0 Å². The average molecular weight is 389 g/mol. The molecule has 2 aromatic carbocycles.